The quantitative estimate of drug-likeness (QED) is 0.872. The normalized spacial score (nSPS) is 18.2. The lowest BCUT2D eigenvalue weighted by Crippen LogP contribution is -2.32. The molecular formula is C13H14F2O3. The van der Waals surface area contributed by atoms with E-state index >= 15 is 0 Å². The fraction of sp³-hybridized carbons (Fsp3) is 0.462. The highest BCUT2D eigenvalue weighted by atomic mass is 19.3. The molecule has 1 aromatic carbocycles. The Hall–Kier alpha value is -1.65. The van der Waals surface area contributed by atoms with E-state index in [1.165, 1.54) is 0 Å². The molecule has 98 valence electrons. The standard InChI is InChI=1S/C13H14F2O3/c14-11(15)8-3-4-10(16)9(7-8)13(12(17)18)5-1-2-6-13/h3-4,7,11,16H,1-2,5-6H2,(H,17,18). The summed E-state index contributed by atoms with van der Waals surface area (Å²) in [5.41, 5.74) is -1.35. The topological polar surface area (TPSA) is 57.5 Å². The van der Waals surface area contributed by atoms with Gasteiger partial charge in [-0.1, -0.05) is 12.8 Å². The first-order chi connectivity index (χ1) is 8.47. The summed E-state index contributed by atoms with van der Waals surface area (Å²) in [7, 11) is 0. The minimum atomic E-state index is -2.67. The summed E-state index contributed by atoms with van der Waals surface area (Å²) < 4.78 is 25.3. The van der Waals surface area contributed by atoms with E-state index in [1.54, 1.807) is 0 Å². The van der Waals surface area contributed by atoms with Gasteiger partial charge in [0.1, 0.15) is 5.75 Å². The van der Waals surface area contributed by atoms with E-state index < -0.39 is 17.8 Å². The molecule has 0 bridgehead atoms. The molecule has 0 radical (unpaired) electrons. The molecule has 1 saturated carbocycles. The summed E-state index contributed by atoms with van der Waals surface area (Å²) in [6, 6.07) is 3.40. The molecule has 2 N–H and O–H groups in total. The van der Waals surface area contributed by atoms with Gasteiger partial charge >= 0.3 is 5.97 Å². The van der Waals surface area contributed by atoms with Crippen LogP contribution in [0.3, 0.4) is 0 Å². The molecule has 18 heavy (non-hydrogen) atoms. The highest BCUT2D eigenvalue weighted by molar-refractivity contribution is 5.83. The van der Waals surface area contributed by atoms with Crippen molar-refractivity contribution in [2.45, 2.75) is 37.5 Å². The fourth-order valence-electron chi connectivity index (χ4n) is 2.65. The van der Waals surface area contributed by atoms with Crippen molar-refractivity contribution >= 4 is 5.97 Å². The second kappa shape index (κ2) is 4.55. The van der Waals surface area contributed by atoms with Gasteiger partial charge < -0.3 is 10.2 Å². The summed E-state index contributed by atoms with van der Waals surface area (Å²) in [5, 5.41) is 19.2. The molecule has 1 fully saturated rings. The number of halogens is 2. The maximum atomic E-state index is 12.7. The van der Waals surface area contributed by atoms with Crippen molar-refractivity contribution in [1.29, 1.82) is 0 Å². The van der Waals surface area contributed by atoms with Crippen LogP contribution in [0.1, 0.15) is 43.2 Å². The average Bonchev–Trinajstić information content (AvgIpc) is 2.79. The summed E-state index contributed by atoms with van der Waals surface area (Å²) in [5.74, 6) is -1.27. The van der Waals surface area contributed by atoms with Crippen LogP contribution in [0.2, 0.25) is 0 Å². The number of aliphatic carboxylic acids is 1. The molecule has 0 heterocycles. The monoisotopic (exact) mass is 256 g/mol. The van der Waals surface area contributed by atoms with Crippen molar-refractivity contribution in [1.82, 2.24) is 0 Å². The van der Waals surface area contributed by atoms with E-state index in [0.29, 0.717) is 12.8 Å². The lowest BCUT2D eigenvalue weighted by molar-refractivity contribution is -0.143. The van der Waals surface area contributed by atoms with Gasteiger partial charge in [0.25, 0.3) is 6.43 Å². The molecule has 0 amide bonds. The van der Waals surface area contributed by atoms with Gasteiger partial charge in [-0.3, -0.25) is 4.79 Å². The van der Waals surface area contributed by atoms with Crippen molar-refractivity contribution in [3.63, 3.8) is 0 Å². The molecule has 0 aromatic heterocycles. The molecule has 0 aliphatic heterocycles. The Balaban J connectivity index is 2.54. The number of alkyl halides is 2. The van der Waals surface area contributed by atoms with Crippen LogP contribution in [0, 0.1) is 0 Å². The van der Waals surface area contributed by atoms with Crippen LogP contribution in [0.4, 0.5) is 8.78 Å². The maximum absolute atomic E-state index is 12.7. The fourth-order valence-corrected chi connectivity index (χ4v) is 2.65. The highest BCUT2D eigenvalue weighted by Crippen LogP contribution is 2.45. The number of benzene rings is 1. The van der Waals surface area contributed by atoms with Gasteiger partial charge in [-0.05, 0) is 31.0 Å². The number of hydrogen-bond acceptors (Lipinski definition) is 2. The van der Waals surface area contributed by atoms with E-state index in [1.807, 2.05) is 0 Å². The van der Waals surface area contributed by atoms with Crippen LogP contribution in [0.25, 0.3) is 0 Å². The van der Waals surface area contributed by atoms with Crippen molar-refractivity contribution in [3.05, 3.63) is 29.3 Å². The maximum Gasteiger partial charge on any atom is 0.314 e. The SMILES string of the molecule is O=C(O)C1(c2cc(C(F)F)ccc2O)CCCC1. The second-order valence-corrected chi connectivity index (χ2v) is 4.67. The van der Waals surface area contributed by atoms with Crippen LogP contribution >= 0.6 is 0 Å². The zero-order chi connectivity index (χ0) is 13.3. The third-order valence-electron chi connectivity index (χ3n) is 3.65. The molecular weight excluding hydrogens is 242 g/mol. The van der Waals surface area contributed by atoms with Crippen molar-refractivity contribution in [2.75, 3.05) is 0 Å². The third kappa shape index (κ3) is 1.94. The molecule has 0 unspecified atom stereocenters. The summed E-state index contributed by atoms with van der Waals surface area (Å²) in [6.07, 6.45) is -0.461. The average molecular weight is 256 g/mol. The van der Waals surface area contributed by atoms with Gasteiger partial charge in [0.2, 0.25) is 0 Å². The number of rotatable bonds is 3. The van der Waals surface area contributed by atoms with Crippen LogP contribution in [0.15, 0.2) is 18.2 Å². The molecule has 1 aliphatic rings. The summed E-state index contributed by atoms with van der Waals surface area (Å²) >= 11 is 0. The van der Waals surface area contributed by atoms with E-state index in [9.17, 15) is 23.8 Å². The Bertz CT molecular complexity index is 465. The minimum Gasteiger partial charge on any atom is -0.508 e. The van der Waals surface area contributed by atoms with Crippen molar-refractivity contribution in [2.24, 2.45) is 0 Å². The van der Waals surface area contributed by atoms with Crippen LogP contribution in [0.5, 0.6) is 5.75 Å². The Morgan fingerprint density at radius 3 is 2.39 bits per heavy atom. The Labute approximate surface area is 103 Å². The van der Waals surface area contributed by atoms with Gasteiger partial charge in [-0.25, -0.2) is 8.78 Å². The van der Waals surface area contributed by atoms with Gasteiger partial charge in [0.15, 0.2) is 0 Å². The number of aromatic hydroxyl groups is 1. The first kappa shape index (κ1) is 12.8. The first-order valence-electron chi connectivity index (χ1n) is 5.82. The number of carboxylic acids is 1. The predicted molar refractivity (Wildman–Crippen MR) is 60.8 cm³/mol. The lowest BCUT2D eigenvalue weighted by Gasteiger charge is -2.25. The zero-order valence-corrected chi connectivity index (χ0v) is 9.70. The molecule has 2 rings (SSSR count). The molecule has 1 aromatic rings. The molecule has 1 aliphatic carbocycles. The Morgan fingerprint density at radius 2 is 1.89 bits per heavy atom. The van der Waals surface area contributed by atoms with Gasteiger partial charge in [-0.15, -0.1) is 0 Å². The largest absolute Gasteiger partial charge is 0.508 e. The van der Waals surface area contributed by atoms with Gasteiger partial charge in [0, 0.05) is 11.1 Å². The number of carboxylic acid groups (broad SMARTS) is 1. The smallest absolute Gasteiger partial charge is 0.314 e. The number of carbonyl (C=O) groups is 1. The molecule has 0 spiro atoms. The van der Waals surface area contributed by atoms with Gasteiger partial charge in [0.05, 0.1) is 5.41 Å². The zero-order valence-electron chi connectivity index (χ0n) is 9.70. The summed E-state index contributed by atoms with van der Waals surface area (Å²) in [6.45, 7) is 0. The Kier molecular flexibility index (Phi) is 3.24. The molecule has 0 atom stereocenters. The first-order valence-corrected chi connectivity index (χ1v) is 5.82. The molecule has 5 heteroatoms. The lowest BCUT2D eigenvalue weighted by atomic mass is 9.78. The molecule has 0 saturated heterocycles. The van der Waals surface area contributed by atoms with E-state index in [2.05, 4.69) is 0 Å². The van der Waals surface area contributed by atoms with E-state index in [4.69, 9.17) is 0 Å². The van der Waals surface area contributed by atoms with Gasteiger partial charge in [-0.2, -0.15) is 0 Å². The van der Waals surface area contributed by atoms with Crippen molar-refractivity contribution in [3.8, 4) is 5.75 Å². The third-order valence-corrected chi connectivity index (χ3v) is 3.65. The minimum absolute atomic E-state index is 0.116. The predicted octanol–water partition coefficient (Wildman–Crippen LogP) is 3.23. The van der Waals surface area contributed by atoms with Crippen LogP contribution in [-0.4, -0.2) is 16.2 Å². The van der Waals surface area contributed by atoms with Crippen LogP contribution in [-0.2, 0) is 10.2 Å². The van der Waals surface area contributed by atoms with Crippen LogP contribution < -0.4 is 0 Å². The Morgan fingerprint density at radius 1 is 1.28 bits per heavy atom. The number of hydrogen-bond donors (Lipinski definition) is 2. The van der Waals surface area contributed by atoms with E-state index in [-0.39, 0.29) is 16.9 Å². The highest BCUT2D eigenvalue weighted by Gasteiger charge is 2.44. The second-order valence-electron chi connectivity index (χ2n) is 4.67. The number of phenols is 1. The summed E-state index contributed by atoms with van der Waals surface area (Å²) in [4.78, 5) is 11.5. The van der Waals surface area contributed by atoms with E-state index in [0.717, 1.165) is 31.0 Å². The van der Waals surface area contributed by atoms with Crippen molar-refractivity contribution < 1.29 is 23.8 Å². The molecule has 3 nitrogen and oxygen atoms in total. The number of phenolic OH excluding ortho intramolecular Hbond substituents is 1.